The minimum Gasteiger partial charge on any atom is -0.492 e. The first-order valence-corrected chi connectivity index (χ1v) is 9.34. The Bertz CT molecular complexity index is 752. The maximum absolute atomic E-state index is 12.6. The van der Waals surface area contributed by atoms with Crippen LogP contribution in [0.15, 0.2) is 51.4 Å². The summed E-state index contributed by atoms with van der Waals surface area (Å²) >= 11 is 6.89. The van der Waals surface area contributed by atoms with Gasteiger partial charge in [-0.15, -0.1) is 0 Å². The Morgan fingerprint density at radius 2 is 2.04 bits per heavy atom. The third kappa shape index (κ3) is 3.99. The maximum atomic E-state index is 12.6. The molecular weight excluding hydrogens is 436 g/mol. The molecule has 0 saturated carbocycles. The van der Waals surface area contributed by atoms with Gasteiger partial charge < -0.3 is 10.1 Å². The molecule has 0 saturated heterocycles. The number of halogens is 2. The molecule has 3 rings (SSSR count). The SMILES string of the molecule is CC(C(=O)Nc1ccc(Br)cc1Br)N1CCOc2ccccc2C1. The van der Waals surface area contributed by atoms with E-state index in [0.717, 1.165) is 25.9 Å². The van der Waals surface area contributed by atoms with Gasteiger partial charge in [0.05, 0.1) is 11.7 Å². The molecule has 2 aromatic carbocycles. The summed E-state index contributed by atoms with van der Waals surface area (Å²) in [5, 5.41) is 2.99. The molecule has 24 heavy (non-hydrogen) atoms. The highest BCUT2D eigenvalue weighted by Crippen LogP contribution is 2.27. The minimum atomic E-state index is -0.254. The zero-order valence-electron chi connectivity index (χ0n) is 13.3. The molecule has 1 aliphatic rings. The molecule has 1 unspecified atom stereocenters. The van der Waals surface area contributed by atoms with Gasteiger partial charge in [-0.3, -0.25) is 9.69 Å². The lowest BCUT2D eigenvalue weighted by atomic mass is 10.1. The smallest absolute Gasteiger partial charge is 0.241 e. The average molecular weight is 454 g/mol. The molecule has 0 spiro atoms. The largest absolute Gasteiger partial charge is 0.492 e. The van der Waals surface area contributed by atoms with Crippen LogP contribution in [0.2, 0.25) is 0 Å². The number of nitrogens with zero attached hydrogens (tertiary/aromatic N) is 1. The first-order chi connectivity index (χ1) is 11.5. The second-order valence-corrected chi connectivity index (χ2v) is 7.49. The van der Waals surface area contributed by atoms with Crippen LogP contribution in [0.1, 0.15) is 12.5 Å². The topological polar surface area (TPSA) is 41.6 Å². The van der Waals surface area contributed by atoms with Crippen molar-refractivity contribution in [2.45, 2.75) is 19.5 Å². The molecular formula is C18H18Br2N2O2. The Hall–Kier alpha value is -1.37. The fourth-order valence-electron chi connectivity index (χ4n) is 2.67. The van der Waals surface area contributed by atoms with Gasteiger partial charge in [0.1, 0.15) is 12.4 Å². The Morgan fingerprint density at radius 3 is 2.83 bits per heavy atom. The Morgan fingerprint density at radius 1 is 1.25 bits per heavy atom. The summed E-state index contributed by atoms with van der Waals surface area (Å²) in [5.41, 5.74) is 1.88. The zero-order chi connectivity index (χ0) is 17.1. The van der Waals surface area contributed by atoms with E-state index in [9.17, 15) is 4.79 Å². The average Bonchev–Trinajstić information content (AvgIpc) is 2.79. The van der Waals surface area contributed by atoms with Crippen LogP contribution in [0.3, 0.4) is 0 Å². The second-order valence-electron chi connectivity index (χ2n) is 5.72. The maximum Gasteiger partial charge on any atom is 0.241 e. The number of hydrogen-bond acceptors (Lipinski definition) is 3. The minimum absolute atomic E-state index is 0.0302. The number of anilines is 1. The number of rotatable bonds is 3. The van der Waals surface area contributed by atoms with Crippen LogP contribution < -0.4 is 10.1 Å². The quantitative estimate of drug-likeness (QED) is 0.747. The predicted octanol–water partition coefficient (Wildman–Crippen LogP) is 4.43. The molecule has 4 nitrogen and oxygen atoms in total. The molecule has 6 heteroatoms. The highest BCUT2D eigenvalue weighted by molar-refractivity contribution is 9.11. The van der Waals surface area contributed by atoms with Crippen molar-refractivity contribution in [3.8, 4) is 5.75 Å². The van der Waals surface area contributed by atoms with Gasteiger partial charge in [0.25, 0.3) is 0 Å². The van der Waals surface area contributed by atoms with E-state index >= 15 is 0 Å². The summed E-state index contributed by atoms with van der Waals surface area (Å²) in [5.74, 6) is 0.876. The number of amides is 1. The van der Waals surface area contributed by atoms with Gasteiger partial charge in [-0.1, -0.05) is 34.1 Å². The third-order valence-electron chi connectivity index (χ3n) is 4.10. The van der Waals surface area contributed by atoms with Gasteiger partial charge >= 0.3 is 0 Å². The van der Waals surface area contributed by atoms with Crippen LogP contribution in [-0.2, 0) is 11.3 Å². The van der Waals surface area contributed by atoms with E-state index in [4.69, 9.17) is 4.74 Å². The molecule has 0 aliphatic carbocycles. The molecule has 1 amide bonds. The van der Waals surface area contributed by atoms with E-state index in [1.54, 1.807) is 0 Å². The van der Waals surface area contributed by atoms with Crippen LogP contribution in [0.4, 0.5) is 5.69 Å². The molecule has 1 N–H and O–H groups in total. The number of fused-ring (bicyclic) bond motifs is 1. The van der Waals surface area contributed by atoms with Crippen molar-refractivity contribution in [2.75, 3.05) is 18.5 Å². The molecule has 1 heterocycles. The fraction of sp³-hybridized carbons (Fsp3) is 0.278. The van der Waals surface area contributed by atoms with Gasteiger partial charge in [0.2, 0.25) is 5.91 Å². The first-order valence-electron chi connectivity index (χ1n) is 7.75. The molecule has 0 fully saturated rings. The normalized spacial score (nSPS) is 15.8. The number of hydrogen-bond donors (Lipinski definition) is 1. The standard InChI is InChI=1S/C18H18Br2N2O2/c1-12(18(23)21-16-7-6-14(19)10-15(16)20)22-8-9-24-17-5-3-2-4-13(17)11-22/h2-7,10,12H,8-9,11H2,1H3,(H,21,23). The first kappa shape index (κ1) is 17.5. The lowest BCUT2D eigenvalue weighted by molar-refractivity contribution is -0.121. The van der Waals surface area contributed by atoms with Gasteiger partial charge in [0, 0.05) is 27.6 Å². The summed E-state index contributed by atoms with van der Waals surface area (Å²) in [6.45, 7) is 3.92. The van der Waals surface area contributed by atoms with Crippen molar-refractivity contribution in [1.82, 2.24) is 4.90 Å². The van der Waals surface area contributed by atoms with Gasteiger partial charge in [-0.2, -0.15) is 0 Å². The van der Waals surface area contributed by atoms with E-state index in [1.165, 1.54) is 0 Å². The summed E-state index contributed by atoms with van der Waals surface area (Å²) in [7, 11) is 0. The van der Waals surface area contributed by atoms with Crippen molar-refractivity contribution in [3.05, 3.63) is 57.0 Å². The van der Waals surface area contributed by atoms with Crippen LogP contribution in [0.25, 0.3) is 0 Å². The number of carbonyl (C=O) groups excluding carboxylic acids is 1. The monoisotopic (exact) mass is 452 g/mol. The number of benzene rings is 2. The van der Waals surface area contributed by atoms with Crippen LogP contribution in [-0.4, -0.2) is 30.0 Å². The predicted molar refractivity (Wildman–Crippen MR) is 102 cm³/mol. The lowest BCUT2D eigenvalue weighted by Gasteiger charge is -2.26. The number of ether oxygens (including phenoxy) is 1. The van der Waals surface area contributed by atoms with Gasteiger partial charge in [-0.25, -0.2) is 0 Å². The van der Waals surface area contributed by atoms with E-state index < -0.39 is 0 Å². The van der Waals surface area contributed by atoms with Crippen molar-refractivity contribution in [2.24, 2.45) is 0 Å². The molecule has 0 aromatic heterocycles. The molecule has 126 valence electrons. The van der Waals surface area contributed by atoms with Gasteiger partial charge in [-0.05, 0) is 47.1 Å². The Balaban J connectivity index is 1.71. The molecule has 2 aromatic rings. The zero-order valence-corrected chi connectivity index (χ0v) is 16.4. The number of para-hydroxylation sites is 1. The number of nitrogens with one attached hydrogen (secondary N) is 1. The number of carbonyl (C=O) groups is 1. The van der Waals surface area contributed by atoms with Crippen molar-refractivity contribution in [1.29, 1.82) is 0 Å². The summed E-state index contributed by atoms with van der Waals surface area (Å²) in [4.78, 5) is 14.8. The molecule has 1 aliphatic heterocycles. The van der Waals surface area contributed by atoms with Crippen LogP contribution in [0, 0.1) is 0 Å². The summed E-state index contributed by atoms with van der Waals surface area (Å²) in [6.07, 6.45) is 0. The van der Waals surface area contributed by atoms with Gasteiger partial charge in [0.15, 0.2) is 0 Å². The van der Waals surface area contributed by atoms with E-state index in [2.05, 4.69) is 42.1 Å². The Kier molecular flexibility index (Phi) is 5.58. The Labute approximate surface area is 158 Å². The van der Waals surface area contributed by atoms with Crippen LogP contribution in [0.5, 0.6) is 5.75 Å². The summed E-state index contributed by atoms with van der Waals surface area (Å²) in [6, 6.07) is 13.4. The van der Waals surface area contributed by atoms with E-state index in [0.29, 0.717) is 19.7 Å². The van der Waals surface area contributed by atoms with Crippen LogP contribution >= 0.6 is 31.9 Å². The second kappa shape index (κ2) is 7.68. The van der Waals surface area contributed by atoms with Crippen molar-refractivity contribution < 1.29 is 9.53 Å². The van der Waals surface area contributed by atoms with Crippen molar-refractivity contribution in [3.63, 3.8) is 0 Å². The third-order valence-corrected chi connectivity index (χ3v) is 5.25. The van der Waals surface area contributed by atoms with Crippen molar-refractivity contribution >= 4 is 43.5 Å². The summed E-state index contributed by atoms with van der Waals surface area (Å²) < 4.78 is 7.58. The fourth-order valence-corrected chi connectivity index (χ4v) is 3.82. The molecule has 0 bridgehead atoms. The highest BCUT2D eigenvalue weighted by Gasteiger charge is 2.25. The molecule has 1 atom stereocenters. The highest BCUT2D eigenvalue weighted by atomic mass is 79.9. The molecule has 0 radical (unpaired) electrons. The van der Waals surface area contributed by atoms with E-state index in [1.807, 2.05) is 49.4 Å². The van der Waals surface area contributed by atoms with E-state index in [-0.39, 0.29) is 11.9 Å². The lowest BCUT2D eigenvalue weighted by Crippen LogP contribution is -2.42.